The summed E-state index contributed by atoms with van der Waals surface area (Å²) in [6.45, 7) is 3.91. The van der Waals surface area contributed by atoms with E-state index in [1.165, 1.54) is 29.6 Å². The Hall–Kier alpha value is -3.32. The molecule has 1 aromatic carbocycles. The van der Waals surface area contributed by atoms with Crippen LogP contribution in [0.5, 0.6) is 5.75 Å². The fourth-order valence-electron chi connectivity index (χ4n) is 5.15. The molecule has 0 radical (unpaired) electrons. The molecule has 1 aliphatic carbocycles. The lowest BCUT2D eigenvalue weighted by atomic mass is 9.96. The van der Waals surface area contributed by atoms with Crippen molar-refractivity contribution in [3.05, 3.63) is 36.3 Å². The lowest BCUT2D eigenvalue weighted by Crippen LogP contribution is -2.52. The standard InChI is InChI=1S/C27H40N6O6S/c1-18-13-33(19(2)16-34)26(35)21-11-8-12-22(30-40(37,38)24-15-31(3)17-28-24)25(21)39-23(18)14-32(4)27(36)29-20-9-6-5-7-10-20/h8,11-12,15,17-20,23,30,34H,5-7,9-10,13-14,16H2,1-4H3,(H,29,36)/t18-,19-,23-/m1/s1. The number of fused-ring (bicyclic) bond motifs is 1. The summed E-state index contributed by atoms with van der Waals surface area (Å²) in [6, 6.07) is 4.12. The van der Waals surface area contributed by atoms with E-state index in [0.29, 0.717) is 0 Å². The number of aliphatic hydroxyl groups is 1. The third-order valence-corrected chi connectivity index (χ3v) is 8.88. The fourth-order valence-corrected chi connectivity index (χ4v) is 6.20. The zero-order valence-corrected chi connectivity index (χ0v) is 24.4. The van der Waals surface area contributed by atoms with Crippen LogP contribution >= 0.6 is 0 Å². The molecule has 1 fully saturated rings. The first-order valence-corrected chi connectivity index (χ1v) is 15.2. The van der Waals surface area contributed by atoms with Crippen molar-refractivity contribution in [3.8, 4) is 5.75 Å². The van der Waals surface area contributed by atoms with Crippen LogP contribution in [0.4, 0.5) is 10.5 Å². The maximum absolute atomic E-state index is 13.7. The Balaban J connectivity index is 1.66. The third kappa shape index (κ3) is 6.69. The number of nitrogens with one attached hydrogen (secondary N) is 2. The Morgan fingerprint density at radius 2 is 2.00 bits per heavy atom. The molecule has 3 N–H and O–H groups in total. The fraction of sp³-hybridized carbons (Fsp3) is 0.593. The number of urea groups is 1. The lowest BCUT2D eigenvalue weighted by molar-refractivity contribution is 0.0368. The number of aryl methyl sites for hydroxylation is 1. The highest BCUT2D eigenvalue weighted by molar-refractivity contribution is 7.92. The Morgan fingerprint density at radius 3 is 2.65 bits per heavy atom. The van der Waals surface area contributed by atoms with Gasteiger partial charge in [-0.1, -0.05) is 32.3 Å². The average molecular weight is 577 g/mol. The number of anilines is 1. The summed E-state index contributed by atoms with van der Waals surface area (Å²) in [4.78, 5) is 33.8. The highest BCUT2D eigenvalue weighted by Gasteiger charge is 2.36. The number of benzene rings is 1. The number of nitrogens with zero attached hydrogens (tertiary/aromatic N) is 4. The van der Waals surface area contributed by atoms with E-state index in [1.54, 1.807) is 43.0 Å². The summed E-state index contributed by atoms with van der Waals surface area (Å²) >= 11 is 0. The van der Waals surface area contributed by atoms with Gasteiger partial charge in [-0.25, -0.2) is 9.78 Å². The quantitative estimate of drug-likeness (QED) is 0.437. The number of rotatable bonds is 8. The van der Waals surface area contributed by atoms with Gasteiger partial charge in [-0.05, 0) is 31.9 Å². The van der Waals surface area contributed by atoms with E-state index < -0.39 is 22.2 Å². The molecule has 40 heavy (non-hydrogen) atoms. The normalized spacial score (nSPS) is 21.0. The molecule has 0 saturated heterocycles. The molecule has 1 aromatic heterocycles. The van der Waals surface area contributed by atoms with Gasteiger partial charge in [-0.3, -0.25) is 9.52 Å². The number of aliphatic hydroxyl groups excluding tert-OH is 1. The van der Waals surface area contributed by atoms with Gasteiger partial charge in [-0.2, -0.15) is 8.42 Å². The minimum absolute atomic E-state index is 0.0692. The second kappa shape index (κ2) is 12.5. The zero-order valence-electron chi connectivity index (χ0n) is 23.5. The number of para-hydroxylation sites is 1. The molecule has 3 atom stereocenters. The highest BCUT2D eigenvalue weighted by Crippen LogP contribution is 2.36. The lowest BCUT2D eigenvalue weighted by Gasteiger charge is -2.38. The van der Waals surface area contributed by atoms with Gasteiger partial charge in [0.25, 0.3) is 15.9 Å². The van der Waals surface area contributed by atoms with E-state index in [4.69, 9.17) is 4.74 Å². The number of hydrogen-bond donors (Lipinski definition) is 3. The van der Waals surface area contributed by atoms with Crippen LogP contribution in [0.2, 0.25) is 0 Å². The number of carbonyl (C=O) groups excluding carboxylic acids is 2. The van der Waals surface area contributed by atoms with Crippen molar-refractivity contribution in [1.82, 2.24) is 24.7 Å². The molecule has 0 unspecified atom stereocenters. The van der Waals surface area contributed by atoms with Gasteiger partial charge in [0.1, 0.15) is 6.10 Å². The summed E-state index contributed by atoms with van der Waals surface area (Å²) in [6.07, 6.45) is 7.46. The van der Waals surface area contributed by atoms with Crippen molar-refractivity contribution in [2.75, 3.05) is 31.5 Å². The highest BCUT2D eigenvalue weighted by atomic mass is 32.2. The van der Waals surface area contributed by atoms with E-state index in [1.807, 2.05) is 6.92 Å². The molecule has 220 valence electrons. The molecule has 2 heterocycles. The van der Waals surface area contributed by atoms with E-state index in [-0.39, 0.29) is 65.6 Å². The third-order valence-electron chi connectivity index (χ3n) is 7.63. The Bertz CT molecular complexity index is 1310. The van der Waals surface area contributed by atoms with Crippen molar-refractivity contribution in [1.29, 1.82) is 0 Å². The molecular weight excluding hydrogens is 536 g/mol. The molecule has 4 rings (SSSR count). The van der Waals surface area contributed by atoms with Crippen molar-refractivity contribution in [2.24, 2.45) is 13.0 Å². The molecule has 2 aromatic rings. The maximum atomic E-state index is 13.7. The summed E-state index contributed by atoms with van der Waals surface area (Å²) in [5.74, 6) is -0.569. The van der Waals surface area contributed by atoms with Crippen LogP contribution in [0.3, 0.4) is 0 Å². The zero-order chi connectivity index (χ0) is 29.0. The number of carbonyl (C=O) groups is 2. The largest absolute Gasteiger partial charge is 0.485 e. The van der Waals surface area contributed by atoms with Crippen LogP contribution in [0.15, 0.2) is 35.7 Å². The summed E-state index contributed by atoms with van der Waals surface area (Å²) in [5.41, 5.74) is 0.245. The Morgan fingerprint density at radius 1 is 1.27 bits per heavy atom. The van der Waals surface area contributed by atoms with Gasteiger partial charge in [0.2, 0.25) is 0 Å². The average Bonchev–Trinajstić information content (AvgIpc) is 3.38. The van der Waals surface area contributed by atoms with Crippen LogP contribution in [-0.4, -0.2) is 89.7 Å². The van der Waals surface area contributed by atoms with Gasteiger partial charge < -0.3 is 29.5 Å². The minimum atomic E-state index is -4.08. The molecule has 2 aliphatic rings. The number of imidazole rings is 1. The molecule has 3 amide bonds. The predicted octanol–water partition coefficient (Wildman–Crippen LogP) is 2.42. The van der Waals surface area contributed by atoms with Crippen molar-refractivity contribution < 1.29 is 27.9 Å². The first-order valence-electron chi connectivity index (χ1n) is 13.7. The molecule has 1 saturated carbocycles. The van der Waals surface area contributed by atoms with Crippen molar-refractivity contribution >= 4 is 27.6 Å². The summed E-state index contributed by atoms with van der Waals surface area (Å²) in [5, 5.41) is 12.8. The second-order valence-electron chi connectivity index (χ2n) is 11.0. The molecule has 12 nitrogen and oxygen atoms in total. The molecule has 1 aliphatic heterocycles. The van der Waals surface area contributed by atoms with Crippen LogP contribution in [0, 0.1) is 5.92 Å². The van der Waals surface area contributed by atoms with Crippen molar-refractivity contribution in [3.63, 3.8) is 0 Å². The van der Waals surface area contributed by atoms with E-state index in [9.17, 15) is 23.1 Å². The van der Waals surface area contributed by atoms with E-state index >= 15 is 0 Å². The Kier molecular flexibility index (Phi) is 9.24. The Labute approximate surface area is 235 Å². The summed E-state index contributed by atoms with van der Waals surface area (Å²) < 4.78 is 36.7. The van der Waals surface area contributed by atoms with Gasteiger partial charge >= 0.3 is 6.03 Å². The maximum Gasteiger partial charge on any atom is 0.317 e. The van der Waals surface area contributed by atoms with Crippen molar-refractivity contribution in [2.45, 2.75) is 69.2 Å². The predicted molar refractivity (Wildman–Crippen MR) is 150 cm³/mol. The van der Waals surface area contributed by atoms with Gasteiger partial charge in [-0.15, -0.1) is 0 Å². The van der Waals surface area contributed by atoms with Gasteiger partial charge in [0.05, 0.1) is 36.8 Å². The number of likely N-dealkylation sites (N-methyl/N-ethyl adjacent to an activating group) is 1. The van der Waals surface area contributed by atoms with Crippen LogP contribution in [-0.2, 0) is 17.1 Å². The number of hydrogen-bond acceptors (Lipinski definition) is 7. The van der Waals surface area contributed by atoms with Gasteiger partial charge in [0.15, 0.2) is 10.8 Å². The monoisotopic (exact) mass is 576 g/mol. The van der Waals surface area contributed by atoms with Gasteiger partial charge in [0, 0.05) is 38.8 Å². The number of ether oxygens (including phenoxy) is 1. The minimum Gasteiger partial charge on any atom is -0.485 e. The first kappa shape index (κ1) is 29.7. The SMILES string of the molecule is C[C@@H]1CN([C@H](C)CO)C(=O)c2cccc(NS(=O)(=O)c3cn(C)cn3)c2O[C@@H]1CN(C)C(=O)NC1CCCCC1. The molecule has 0 spiro atoms. The molecule has 0 bridgehead atoms. The number of amides is 3. The smallest absolute Gasteiger partial charge is 0.317 e. The topological polar surface area (TPSA) is 146 Å². The van der Waals surface area contributed by atoms with Crippen LogP contribution in [0.1, 0.15) is 56.3 Å². The van der Waals surface area contributed by atoms with E-state index in [2.05, 4.69) is 15.0 Å². The first-order chi connectivity index (χ1) is 19.0. The molecule has 13 heteroatoms. The number of aromatic nitrogens is 2. The molecular formula is C27H40N6O6S. The second-order valence-corrected chi connectivity index (χ2v) is 12.6. The summed E-state index contributed by atoms with van der Waals surface area (Å²) in [7, 11) is -0.725. The van der Waals surface area contributed by atoms with Crippen LogP contribution in [0.25, 0.3) is 0 Å². The number of sulfonamides is 1. The van der Waals surface area contributed by atoms with Crippen LogP contribution < -0.4 is 14.8 Å². The van der Waals surface area contributed by atoms with E-state index in [0.717, 1.165) is 25.7 Å².